The fraction of sp³-hybridized carbons (Fsp3) is 0.357. The van der Waals surface area contributed by atoms with Gasteiger partial charge >= 0.3 is 5.97 Å². The van der Waals surface area contributed by atoms with Gasteiger partial charge in [0.25, 0.3) is 5.56 Å². The molecule has 0 bridgehead atoms. The van der Waals surface area contributed by atoms with Crippen molar-refractivity contribution in [2.24, 2.45) is 0 Å². The van der Waals surface area contributed by atoms with Crippen molar-refractivity contribution in [1.29, 1.82) is 0 Å². The first-order chi connectivity index (χ1) is 10.0. The van der Waals surface area contributed by atoms with E-state index in [9.17, 15) is 9.59 Å². The smallest absolute Gasteiger partial charge is 0.325 e. The van der Waals surface area contributed by atoms with Gasteiger partial charge in [0.05, 0.1) is 10.2 Å². The van der Waals surface area contributed by atoms with Crippen LogP contribution in [-0.4, -0.2) is 25.3 Å². The SMILES string of the molecule is CCc1cc2c(cc3c(=O)n(CC(=O)O)nc(CC)n32)s1. The molecule has 0 saturated carbocycles. The minimum absolute atomic E-state index is 0.365. The number of thiophene rings is 1. The summed E-state index contributed by atoms with van der Waals surface area (Å²) in [5.74, 6) is -0.376. The third-order valence-electron chi connectivity index (χ3n) is 3.44. The monoisotopic (exact) mass is 305 g/mol. The van der Waals surface area contributed by atoms with Crippen molar-refractivity contribution in [3.05, 3.63) is 33.2 Å². The number of rotatable bonds is 4. The minimum Gasteiger partial charge on any atom is -0.480 e. The molecule has 3 aromatic heterocycles. The van der Waals surface area contributed by atoms with Gasteiger partial charge in [-0.25, -0.2) is 4.68 Å². The van der Waals surface area contributed by atoms with Crippen LogP contribution in [0.1, 0.15) is 24.5 Å². The van der Waals surface area contributed by atoms with Crippen molar-refractivity contribution < 1.29 is 9.90 Å². The topological polar surface area (TPSA) is 76.6 Å². The predicted octanol–water partition coefficient (Wildman–Crippen LogP) is 1.92. The van der Waals surface area contributed by atoms with E-state index in [4.69, 9.17) is 5.11 Å². The predicted molar refractivity (Wildman–Crippen MR) is 81.2 cm³/mol. The van der Waals surface area contributed by atoms with Gasteiger partial charge < -0.3 is 5.11 Å². The van der Waals surface area contributed by atoms with E-state index in [2.05, 4.69) is 18.1 Å². The molecule has 3 aromatic rings. The van der Waals surface area contributed by atoms with Crippen LogP contribution in [0, 0.1) is 0 Å². The number of aryl methyl sites for hydroxylation is 2. The molecule has 1 N–H and O–H groups in total. The number of hydrogen-bond acceptors (Lipinski definition) is 4. The Labute approximate surface area is 124 Å². The molecule has 0 amide bonds. The van der Waals surface area contributed by atoms with Crippen LogP contribution < -0.4 is 5.56 Å². The maximum Gasteiger partial charge on any atom is 0.325 e. The van der Waals surface area contributed by atoms with E-state index < -0.39 is 12.5 Å². The van der Waals surface area contributed by atoms with E-state index in [1.807, 2.05) is 17.4 Å². The van der Waals surface area contributed by atoms with Gasteiger partial charge in [0.2, 0.25) is 0 Å². The normalized spacial score (nSPS) is 11.5. The summed E-state index contributed by atoms with van der Waals surface area (Å²) in [5.41, 5.74) is 1.11. The van der Waals surface area contributed by atoms with Crippen molar-refractivity contribution in [3.63, 3.8) is 0 Å². The molecule has 0 aliphatic carbocycles. The molecule has 7 heteroatoms. The van der Waals surface area contributed by atoms with Crippen molar-refractivity contribution in [2.45, 2.75) is 33.2 Å². The van der Waals surface area contributed by atoms with Gasteiger partial charge in [0.15, 0.2) is 0 Å². The number of hydrogen-bond donors (Lipinski definition) is 1. The van der Waals surface area contributed by atoms with Gasteiger partial charge in [-0.2, -0.15) is 5.10 Å². The molecule has 0 spiro atoms. The minimum atomic E-state index is -1.07. The van der Waals surface area contributed by atoms with Crippen LogP contribution in [-0.2, 0) is 24.2 Å². The molecule has 0 saturated heterocycles. The second-order valence-corrected chi connectivity index (χ2v) is 5.98. The molecule has 0 fully saturated rings. The number of fused-ring (bicyclic) bond motifs is 3. The number of carboxylic acid groups (broad SMARTS) is 1. The first kappa shape index (κ1) is 13.8. The number of carbonyl (C=O) groups is 1. The lowest BCUT2D eigenvalue weighted by atomic mass is 10.3. The molecular formula is C14H15N3O3S. The number of aliphatic carboxylic acids is 1. The zero-order chi connectivity index (χ0) is 15.1. The van der Waals surface area contributed by atoms with E-state index in [0.717, 1.165) is 21.3 Å². The molecule has 0 atom stereocenters. The molecule has 6 nitrogen and oxygen atoms in total. The number of aromatic nitrogens is 3. The largest absolute Gasteiger partial charge is 0.480 e. The molecule has 0 radical (unpaired) electrons. The first-order valence-corrected chi connectivity index (χ1v) is 7.62. The Morgan fingerprint density at radius 3 is 2.67 bits per heavy atom. The van der Waals surface area contributed by atoms with Crippen LogP contribution in [0.25, 0.3) is 15.7 Å². The zero-order valence-corrected chi connectivity index (χ0v) is 12.6. The Balaban J connectivity index is 2.37. The number of nitrogens with zero attached hydrogens (tertiary/aromatic N) is 3. The van der Waals surface area contributed by atoms with Gasteiger partial charge in [-0.15, -0.1) is 11.3 Å². The fourth-order valence-corrected chi connectivity index (χ4v) is 3.50. The lowest BCUT2D eigenvalue weighted by Gasteiger charge is -2.07. The highest BCUT2D eigenvalue weighted by molar-refractivity contribution is 7.19. The van der Waals surface area contributed by atoms with Crippen molar-refractivity contribution >= 4 is 33.0 Å². The summed E-state index contributed by atoms with van der Waals surface area (Å²) in [7, 11) is 0. The fourth-order valence-electron chi connectivity index (χ4n) is 2.48. The lowest BCUT2D eigenvalue weighted by Crippen LogP contribution is -2.29. The maximum absolute atomic E-state index is 12.4. The Bertz CT molecular complexity index is 904. The van der Waals surface area contributed by atoms with Gasteiger partial charge in [0.1, 0.15) is 17.9 Å². The standard InChI is InChI=1S/C14H15N3O3S/c1-3-8-5-9-11(21-8)6-10-14(20)16(7-13(18)19)15-12(4-2)17(9)10/h5-6H,3-4,7H2,1-2H3,(H,18,19). The Morgan fingerprint density at radius 2 is 2.05 bits per heavy atom. The summed E-state index contributed by atoms with van der Waals surface area (Å²) < 4.78 is 3.92. The van der Waals surface area contributed by atoms with Gasteiger partial charge in [0, 0.05) is 11.3 Å². The summed E-state index contributed by atoms with van der Waals surface area (Å²) in [6, 6.07) is 3.91. The Morgan fingerprint density at radius 1 is 1.29 bits per heavy atom. The zero-order valence-electron chi connectivity index (χ0n) is 11.8. The van der Waals surface area contributed by atoms with Crippen LogP contribution in [0.2, 0.25) is 0 Å². The van der Waals surface area contributed by atoms with E-state index in [0.29, 0.717) is 17.8 Å². The molecular weight excluding hydrogens is 290 g/mol. The van der Waals surface area contributed by atoms with Crippen LogP contribution in [0.5, 0.6) is 0 Å². The summed E-state index contributed by atoms with van der Waals surface area (Å²) in [6.45, 7) is 3.62. The van der Waals surface area contributed by atoms with Crippen LogP contribution in [0.3, 0.4) is 0 Å². The second kappa shape index (κ2) is 5.00. The highest BCUT2D eigenvalue weighted by Gasteiger charge is 2.16. The summed E-state index contributed by atoms with van der Waals surface area (Å²) in [4.78, 5) is 24.5. The van der Waals surface area contributed by atoms with Crippen molar-refractivity contribution in [3.8, 4) is 0 Å². The van der Waals surface area contributed by atoms with E-state index >= 15 is 0 Å². The van der Waals surface area contributed by atoms with E-state index in [1.54, 1.807) is 11.3 Å². The van der Waals surface area contributed by atoms with Gasteiger partial charge in [-0.05, 0) is 18.6 Å². The third-order valence-corrected chi connectivity index (χ3v) is 4.65. The van der Waals surface area contributed by atoms with Gasteiger partial charge in [-0.3, -0.25) is 14.0 Å². The van der Waals surface area contributed by atoms with Crippen molar-refractivity contribution in [2.75, 3.05) is 0 Å². The summed E-state index contributed by atoms with van der Waals surface area (Å²) >= 11 is 1.66. The highest BCUT2D eigenvalue weighted by atomic mass is 32.1. The number of carboxylic acids is 1. The lowest BCUT2D eigenvalue weighted by molar-refractivity contribution is -0.138. The average Bonchev–Trinajstić information content (AvgIpc) is 2.99. The molecule has 0 aromatic carbocycles. The van der Waals surface area contributed by atoms with Crippen molar-refractivity contribution in [1.82, 2.24) is 14.2 Å². The summed E-state index contributed by atoms with van der Waals surface area (Å²) in [5, 5.41) is 13.1. The molecule has 21 heavy (non-hydrogen) atoms. The van der Waals surface area contributed by atoms with E-state index in [1.165, 1.54) is 4.88 Å². The quantitative estimate of drug-likeness (QED) is 0.799. The first-order valence-electron chi connectivity index (χ1n) is 6.80. The maximum atomic E-state index is 12.4. The third kappa shape index (κ3) is 2.13. The molecule has 110 valence electrons. The van der Waals surface area contributed by atoms with Crippen LogP contribution in [0.4, 0.5) is 0 Å². The molecule has 0 aliphatic rings. The van der Waals surface area contributed by atoms with Crippen LogP contribution in [0.15, 0.2) is 16.9 Å². The van der Waals surface area contributed by atoms with Gasteiger partial charge in [-0.1, -0.05) is 13.8 Å². The highest BCUT2D eigenvalue weighted by Crippen LogP contribution is 2.29. The molecule has 0 unspecified atom stereocenters. The Hall–Kier alpha value is -2.15. The molecule has 3 heterocycles. The Kier molecular flexibility index (Phi) is 3.29. The molecule has 0 aliphatic heterocycles. The van der Waals surface area contributed by atoms with E-state index in [-0.39, 0.29) is 5.56 Å². The molecule has 3 rings (SSSR count). The summed E-state index contributed by atoms with van der Waals surface area (Å²) in [6.07, 6.45) is 1.57. The second-order valence-electron chi connectivity index (χ2n) is 4.81. The van der Waals surface area contributed by atoms with Crippen LogP contribution >= 0.6 is 11.3 Å². The average molecular weight is 305 g/mol.